The molecule has 41 heavy (non-hydrogen) atoms. The molecular formula is C34H50N4O3. The molecule has 7 heteroatoms. The minimum atomic E-state index is -0.499. The lowest BCUT2D eigenvalue weighted by Crippen LogP contribution is -2.50. The molecule has 3 amide bonds. The maximum atomic E-state index is 12.7. The minimum Gasteiger partial charge on any atom is -0.445 e. The molecule has 2 unspecified atom stereocenters. The Morgan fingerprint density at radius 2 is 1.78 bits per heavy atom. The number of carbonyl (C=O) groups excluding carboxylic acids is 2. The number of rotatable bonds is 16. The highest BCUT2D eigenvalue weighted by atomic mass is 16.6. The van der Waals surface area contributed by atoms with Crippen molar-refractivity contribution < 1.29 is 14.3 Å². The van der Waals surface area contributed by atoms with Crippen molar-refractivity contribution in [2.75, 3.05) is 19.6 Å². The van der Waals surface area contributed by atoms with Gasteiger partial charge in [0, 0.05) is 30.5 Å². The smallest absolute Gasteiger partial charge is 0.411 e. The van der Waals surface area contributed by atoms with Crippen LogP contribution in [0, 0.1) is 5.92 Å². The van der Waals surface area contributed by atoms with Crippen molar-refractivity contribution in [3.63, 3.8) is 0 Å². The van der Waals surface area contributed by atoms with Gasteiger partial charge in [-0.15, -0.1) is 0 Å². The molecule has 1 heterocycles. The highest BCUT2D eigenvalue weighted by molar-refractivity contribution is 5.76. The van der Waals surface area contributed by atoms with E-state index in [1.165, 1.54) is 5.57 Å². The second kappa shape index (κ2) is 21.0. The molecule has 0 aromatic heterocycles. The molecule has 0 bridgehead atoms. The summed E-state index contributed by atoms with van der Waals surface area (Å²) in [6.07, 6.45) is 25.0. The van der Waals surface area contributed by atoms with Crippen molar-refractivity contribution in [1.29, 1.82) is 0 Å². The molecule has 1 rings (SSSR count). The van der Waals surface area contributed by atoms with Crippen molar-refractivity contribution in [2.45, 2.75) is 65.5 Å². The third-order valence-electron chi connectivity index (χ3n) is 6.79. The number of urea groups is 1. The van der Waals surface area contributed by atoms with Crippen molar-refractivity contribution in [2.24, 2.45) is 5.92 Å². The van der Waals surface area contributed by atoms with Crippen LogP contribution in [0.4, 0.5) is 9.59 Å². The number of carbonyl (C=O) groups is 2. The maximum Gasteiger partial charge on any atom is 0.411 e. The van der Waals surface area contributed by atoms with E-state index in [-0.39, 0.29) is 18.2 Å². The number of allylic oxidation sites excluding steroid dienone is 13. The average molecular weight is 563 g/mol. The molecule has 3 atom stereocenters. The molecule has 0 aliphatic carbocycles. The third-order valence-corrected chi connectivity index (χ3v) is 6.79. The zero-order chi connectivity index (χ0) is 30.5. The fraction of sp³-hybridized carbons (Fsp3) is 0.412. The molecule has 7 nitrogen and oxygen atoms in total. The van der Waals surface area contributed by atoms with Gasteiger partial charge in [-0.1, -0.05) is 73.9 Å². The van der Waals surface area contributed by atoms with E-state index in [9.17, 15) is 9.59 Å². The second-order valence-electron chi connectivity index (χ2n) is 9.84. The van der Waals surface area contributed by atoms with Crippen LogP contribution in [0.3, 0.4) is 0 Å². The first-order chi connectivity index (χ1) is 19.8. The molecule has 0 aromatic carbocycles. The summed E-state index contributed by atoms with van der Waals surface area (Å²) in [5.74, 6) is 0.468. The molecule has 0 radical (unpaired) electrons. The number of alkyl carbamates (subject to hydrolysis) is 1. The average Bonchev–Trinajstić information content (AvgIpc) is 2.96. The van der Waals surface area contributed by atoms with Gasteiger partial charge in [0.15, 0.2) is 0 Å². The predicted octanol–water partition coefficient (Wildman–Crippen LogP) is 7.24. The topological polar surface area (TPSA) is 82.7 Å². The summed E-state index contributed by atoms with van der Waals surface area (Å²) in [5, 5.41) is 8.53. The monoisotopic (exact) mass is 562 g/mol. The van der Waals surface area contributed by atoms with Crippen LogP contribution >= 0.6 is 0 Å². The number of ether oxygens (including phenoxy) is 1. The lowest BCUT2D eigenvalue weighted by molar-refractivity contribution is 0.00537. The van der Waals surface area contributed by atoms with E-state index in [0.717, 1.165) is 38.8 Å². The Morgan fingerprint density at radius 1 is 1.00 bits per heavy atom. The molecule has 0 spiro atoms. The van der Waals surface area contributed by atoms with E-state index in [2.05, 4.69) is 59.7 Å². The van der Waals surface area contributed by atoms with Crippen molar-refractivity contribution in [3.8, 4) is 0 Å². The molecule has 0 saturated carbocycles. The minimum absolute atomic E-state index is 0.0540. The van der Waals surface area contributed by atoms with Crippen LogP contribution in [0.15, 0.2) is 110 Å². The van der Waals surface area contributed by atoms with E-state index in [4.69, 9.17) is 4.74 Å². The molecule has 3 N–H and O–H groups in total. The highest BCUT2D eigenvalue weighted by Gasteiger charge is 2.34. The first-order valence-electron chi connectivity index (χ1n) is 14.4. The summed E-state index contributed by atoms with van der Waals surface area (Å²) in [5.41, 5.74) is 2.53. The summed E-state index contributed by atoms with van der Waals surface area (Å²) < 4.78 is 5.86. The van der Waals surface area contributed by atoms with Crippen LogP contribution in [0.1, 0.15) is 53.4 Å². The van der Waals surface area contributed by atoms with Crippen LogP contribution in [-0.4, -0.2) is 48.8 Å². The summed E-state index contributed by atoms with van der Waals surface area (Å²) in [6.45, 7) is 21.2. The zero-order valence-electron chi connectivity index (χ0n) is 25.4. The zero-order valence-corrected chi connectivity index (χ0v) is 25.4. The quantitative estimate of drug-likeness (QED) is 0.137. The van der Waals surface area contributed by atoms with Crippen LogP contribution in [-0.2, 0) is 4.74 Å². The van der Waals surface area contributed by atoms with Crippen LogP contribution in [0.5, 0.6) is 0 Å². The molecular weight excluding hydrogens is 512 g/mol. The number of likely N-dealkylation sites (tertiary alicyclic amines) is 1. The van der Waals surface area contributed by atoms with Crippen molar-refractivity contribution >= 4 is 12.1 Å². The summed E-state index contributed by atoms with van der Waals surface area (Å²) in [6, 6.07) is -0.200. The van der Waals surface area contributed by atoms with Crippen molar-refractivity contribution in [1.82, 2.24) is 20.9 Å². The lowest BCUT2D eigenvalue weighted by Gasteiger charge is -2.42. The van der Waals surface area contributed by atoms with Crippen LogP contribution < -0.4 is 16.0 Å². The van der Waals surface area contributed by atoms with Gasteiger partial charge in [-0.25, -0.2) is 9.59 Å². The fourth-order valence-corrected chi connectivity index (χ4v) is 4.74. The largest absolute Gasteiger partial charge is 0.445 e. The van der Waals surface area contributed by atoms with Gasteiger partial charge in [-0.2, -0.15) is 0 Å². The Labute approximate surface area is 247 Å². The van der Waals surface area contributed by atoms with E-state index in [1.54, 1.807) is 30.4 Å². The van der Waals surface area contributed by atoms with E-state index < -0.39 is 6.09 Å². The van der Waals surface area contributed by atoms with Crippen molar-refractivity contribution in [3.05, 3.63) is 110 Å². The van der Waals surface area contributed by atoms with Crippen LogP contribution in [0.2, 0.25) is 0 Å². The fourth-order valence-electron chi connectivity index (χ4n) is 4.74. The number of piperidine rings is 1. The third kappa shape index (κ3) is 14.4. The standard InChI is InChI=1S/C34H50N4O3/c1-8-14-19-28(12-5)25-29-21-24-38(23-16-22-35-33(39)36-31(17-10-3)18-11-4)32(26-29)27(7)41-34(40)37-30(13-6)20-15-9-2/h8-15,17-20,27,29,32H,1,3,6,16,21-26H2,2,4-5,7H3,(H,37,40)(H2,35,36,39)/b15-9-,18-11-,19-14-,28-12+,30-20+,31-17+/t27?,29-,32?/m1/s1. The normalized spacial score (nSPS) is 19.8. The number of nitrogens with zero attached hydrogens (tertiary/aromatic N) is 1. The lowest BCUT2D eigenvalue weighted by atomic mass is 9.84. The van der Waals surface area contributed by atoms with Gasteiger partial charge in [0.1, 0.15) is 6.10 Å². The predicted molar refractivity (Wildman–Crippen MR) is 172 cm³/mol. The molecule has 0 aromatic rings. The summed E-state index contributed by atoms with van der Waals surface area (Å²) in [7, 11) is 0. The molecule has 1 saturated heterocycles. The SMILES string of the molecule is C=C/C=C\C(=C/C)C[C@H]1CCN(CCCNC(=O)NC(/C=C\C)=C/C=C)C(C(C)OC(=O)N/C(C=C)=C/C=C\C)C1. The van der Waals surface area contributed by atoms with Gasteiger partial charge < -0.3 is 15.4 Å². The van der Waals surface area contributed by atoms with Gasteiger partial charge in [0.2, 0.25) is 0 Å². The second-order valence-corrected chi connectivity index (χ2v) is 9.84. The Bertz CT molecular complexity index is 1050. The Morgan fingerprint density at radius 3 is 2.41 bits per heavy atom. The Kier molecular flexibility index (Phi) is 18.0. The van der Waals surface area contributed by atoms with Gasteiger partial charge in [0.05, 0.1) is 0 Å². The first-order valence-corrected chi connectivity index (χ1v) is 14.4. The number of amides is 3. The number of hydrogen-bond donors (Lipinski definition) is 3. The van der Waals surface area contributed by atoms with E-state index in [1.807, 2.05) is 51.2 Å². The van der Waals surface area contributed by atoms with Gasteiger partial charge >= 0.3 is 12.1 Å². The maximum absolute atomic E-state index is 12.7. The van der Waals surface area contributed by atoms with Gasteiger partial charge in [-0.05, 0) is 90.1 Å². The number of nitrogens with one attached hydrogen (secondary N) is 3. The molecule has 1 fully saturated rings. The Hall–Kier alpha value is -3.84. The molecule has 1 aliphatic rings. The highest BCUT2D eigenvalue weighted by Crippen LogP contribution is 2.31. The molecule has 224 valence electrons. The van der Waals surface area contributed by atoms with E-state index >= 15 is 0 Å². The number of hydrogen-bond acceptors (Lipinski definition) is 4. The summed E-state index contributed by atoms with van der Waals surface area (Å²) >= 11 is 0. The first kappa shape index (κ1) is 35.2. The van der Waals surface area contributed by atoms with E-state index in [0.29, 0.717) is 23.9 Å². The van der Waals surface area contributed by atoms with Crippen LogP contribution in [0.25, 0.3) is 0 Å². The van der Waals surface area contributed by atoms with Gasteiger partial charge in [0.25, 0.3) is 0 Å². The Balaban J connectivity index is 2.87. The van der Waals surface area contributed by atoms with Gasteiger partial charge in [-0.3, -0.25) is 10.2 Å². The molecule has 1 aliphatic heterocycles. The summed E-state index contributed by atoms with van der Waals surface area (Å²) in [4.78, 5) is 27.4.